The van der Waals surface area contributed by atoms with Gasteiger partial charge in [0.25, 0.3) is 5.91 Å². The summed E-state index contributed by atoms with van der Waals surface area (Å²) < 4.78 is 0. The summed E-state index contributed by atoms with van der Waals surface area (Å²) in [7, 11) is 0. The van der Waals surface area contributed by atoms with Crippen LogP contribution in [-0.2, 0) is 4.79 Å². The summed E-state index contributed by atoms with van der Waals surface area (Å²) in [5.41, 5.74) is 0.242. The smallest absolute Gasteiger partial charge is 0.274 e. The topological polar surface area (TPSA) is 75.2 Å². The third-order valence-electron chi connectivity index (χ3n) is 3.92. The van der Waals surface area contributed by atoms with Crippen molar-refractivity contribution in [3.63, 3.8) is 0 Å². The van der Waals surface area contributed by atoms with Crippen molar-refractivity contribution in [3.8, 4) is 0 Å². The lowest BCUT2D eigenvalue weighted by Crippen LogP contribution is -2.47. The number of hydrogen-bond donors (Lipinski definition) is 1. The summed E-state index contributed by atoms with van der Waals surface area (Å²) in [6.07, 6.45) is 4.57. The van der Waals surface area contributed by atoms with Gasteiger partial charge in [0.15, 0.2) is 10.9 Å². The van der Waals surface area contributed by atoms with Crippen LogP contribution in [0.25, 0.3) is 0 Å². The van der Waals surface area contributed by atoms with Gasteiger partial charge in [-0.05, 0) is 12.7 Å². The van der Waals surface area contributed by atoms with Crippen LogP contribution in [0.1, 0.15) is 23.3 Å². The Morgan fingerprint density at radius 2 is 2.38 bits per heavy atom. The van der Waals surface area contributed by atoms with E-state index in [4.69, 9.17) is 11.6 Å². The molecule has 2 aliphatic heterocycles. The van der Waals surface area contributed by atoms with Crippen molar-refractivity contribution < 1.29 is 9.59 Å². The zero-order valence-corrected chi connectivity index (χ0v) is 13.1. The van der Waals surface area contributed by atoms with E-state index in [1.165, 1.54) is 18.0 Å². The zero-order chi connectivity index (χ0) is 15.0. The fourth-order valence-electron chi connectivity index (χ4n) is 2.87. The molecule has 1 N–H and O–H groups in total. The molecule has 2 saturated heterocycles. The number of rotatable bonds is 2. The van der Waals surface area contributed by atoms with Crippen molar-refractivity contribution in [2.45, 2.75) is 24.0 Å². The Morgan fingerprint density at radius 1 is 1.57 bits per heavy atom. The highest BCUT2D eigenvalue weighted by atomic mass is 35.5. The molecule has 1 aromatic heterocycles. The van der Waals surface area contributed by atoms with E-state index in [2.05, 4.69) is 15.3 Å². The fourth-order valence-corrected chi connectivity index (χ4v) is 3.38. The molecule has 8 heteroatoms. The Balaban J connectivity index is 1.78. The second kappa shape index (κ2) is 5.81. The number of likely N-dealkylation sites (tertiary alicyclic amines) is 1. The molecule has 3 rings (SSSR count). The van der Waals surface area contributed by atoms with E-state index in [9.17, 15) is 9.59 Å². The van der Waals surface area contributed by atoms with E-state index >= 15 is 0 Å². The first-order valence-electron chi connectivity index (χ1n) is 6.73. The predicted octanol–water partition coefficient (Wildman–Crippen LogP) is 1.20. The number of carbonyl (C=O) groups excluding carboxylic acids is 2. The van der Waals surface area contributed by atoms with Crippen molar-refractivity contribution in [2.75, 3.05) is 19.3 Å². The van der Waals surface area contributed by atoms with Crippen LogP contribution in [0.2, 0.25) is 5.02 Å². The molecular weight excluding hydrogens is 312 g/mol. The van der Waals surface area contributed by atoms with Crippen LogP contribution >= 0.6 is 23.4 Å². The molecule has 2 amide bonds. The van der Waals surface area contributed by atoms with Gasteiger partial charge in [0.05, 0.1) is 11.2 Å². The van der Waals surface area contributed by atoms with Crippen LogP contribution in [0.5, 0.6) is 0 Å². The average molecular weight is 327 g/mol. The molecule has 6 nitrogen and oxygen atoms in total. The van der Waals surface area contributed by atoms with Gasteiger partial charge in [-0.3, -0.25) is 9.59 Å². The molecule has 0 radical (unpaired) electrons. The molecule has 0 saturated carbocycles. The summed E-state index contributed by atoms with van der Waals surface area (Å²) >= 11 is 7.42. The molecule has 0 spiro atoms. The molecule has 0 unspecified atom stereocenters. The third-order valence-corrected chi connectivity index (χ3v) is 4.76. The molecule has 112 valence electrons. The minimum atomic E-state index is -0.185. The van der Waals surface area contributed by atoms with Crippen molar-refractivity contribution in [3.05, 3.63) is 16.9 Å². The number of nitrogens with one attached hydrogen (secondary N) is 1. The highest BCUT2D eigenvalue weighted by molar-refractivity contribution is 7.98. The number of fused-ring (bicyclic) bond motifs is 1. The van der Waals surface area contributed by atoms with Gasteiger partial charge < -0.3 is 10.2 Å². The van der Waals surface area contributed by atoms with Gasteiger partial charge in [-0.15, -0.1) is 0 Å². The maximum absolute atomic E-state index is 12.6. The van der Waals surface area contributed by atoms with Gasteiger partial charge in [0.1, 0.15) is 0 Å². The van der Waals surface area contributed by atoms with E-state index in [-0.39, 0.29) is 34.5 Å². The predicted molar refractivity (Wildman–Crippen MR) is 79.4 cm³/mol. The number of aromatic nitrogens is 2. The molecule has 0 aliphatic carbocycles. The molecule has 3 heterocycles. The van der Waals surface area contributed by atoms with Crippen molar-refractivity contribution in [2.24, 2.45) is 5.92 Å². The number of halogens is 1. The average Bonchev–Trinajstić information content (AvgIpc) is 2.86. The lowest BCUT2D eigenvalue weighted by molar-refractivity contribution is -0.119. The van der Waals surface area contributed by atoms with Crippen LogP contribution < -0.4 is 5.32 Å². The van der Waals surface area contributed by atoms with Crippen LogP contribution in [0.3, 0.4) is 0 Å². The van der Waals surface area contributed by atoms with E-state index in [1.54, 1.807) is 4.90 Å². The highest BCUT2D eigenvalue weighted by Gasteiger charge is 2.38. The summed E-state index contributed by atoms with van der Waals surface area (Å²) in [5.74, 6) is 0.0790. The second-order valence-corrected chi connectivity index (χ2v) is 6.41. The minimum Gasteiger partial charge on any atom is -0.353 e. The molecule has 2 atom stereocenters. The normalized spacial score (nSPS) is 24.7. The number of carbonyl (C=O) groups is 2. The fraction of sp³-hybridized carbons (Fsp3) is 0.538. The Bertz CT molecular complexity index is 598. The molecule has 2 fully saturated rings. The SMILES string of the molecule is CSc1ncc(Cl)c(C(=O)N2CC[C@@H]3NC(=O)C[C@@H]3C2)n1. The van der Waals surface area contributed by atoms with Gasteiger partial charge in [-0.1, -0.05) is 23.4 Å². The van der Waals surface area contributed by atoms with E-state index in [0.29, 0.717) is 24.7 Å². The molecule has 21 heavy (non-hydrogen) atoms. The van der Waals surface area contributed by atoms with E-state index in [0.717, 1.165) is 6.42 Å². The Labute approximate surface area is 131 Å². The highest BCUT2D eigenvalue weighted by Crippen LogP contribution is 2.27. The van der Waals surface area contributed by atoms with Crippen LogP contribution in [0.15, 0.2) is 11.4 Å². The summed E-state index contributed by atoms with van der Waals surface area (Å²) in [4.78, 5) is 34.0. The van der Waals surface area contributed by atoms with E-state index < -0.39 is 0 Å². The third kappa shape index (κ3) is 2.85. The summed E-state index contributed by atoms with van der Waals surface area (Å²) in [6.45, 7) is 1.17. The summed E-state index contributed by atoms with van der Waals surface area (Å²) in [6, 6.07) is 0.198. The van der Waals surface area contributed by atoms with Gasteiger partial charge >= 0.3 is 0 Å². The van der Waals surface area contributed by atoms with Crippen LogP contribution in [-0.4, -0.2) is 52.1 Å². The largest absolute Gasteiger partial charge is 0.353 e. The van der Waals surface area contributed by atoms with Crippen molar-refractivity contribution in [1.29, 1.82) is 0 Å². The monoisotopic (exact) mass is 326 g/mol. The number of thioether (sulfide) groups is 1. The standard InChI is InChI=1S/C13H15ClN4O2S/c1-21-13-15-5-8(14)11(17-13)12(20)18-3-2-9-7(6-18)4-10(19)16-9/h5,7,9H,2-4,6H2,1H3,(H,16,19)/t7-,9+/m1/s1. The molecular formula is C13H15ClN4O2S. The first-order chi connectivity index (χ1) is 10.1. The Kier molecular flexibility index (Phi) is 4.03. The Morgan fingerprint density at radius 3 is 3.14 bits per heavy atom. The number of amides is 2. The lowest BCUT2D eigenvalue weighted by atomic mass is 9.93. The van der Waals surface area contributed by atoms with Crippen LogP contribution in [0, 0.1) is 5.92 Å². The van der Waals surface area contributed by atoms with Crippen molar-refractivity contribution >= 4 is 35.2 Å². The molecule has 0 bridgehead atoms. The summed E-state index contributed by atoms with van der Waals surface area (Å²) in [5, 5.41) is 3.74. The lowest BCUT2D eigenvalue weighted by Gasteiger charge is -2.34. The molecule has 0 aromatic carbocycles. The number of piperidine rings is 1. The van der Waals surface area contributed by atoms with Gasteiger partial charge in [-0.2, -0.15) is 0 Å². The maximum Gasteiger partial charge on any atom is 0.274 e. The zero-order valence-electron chi connectivity index (χ0n) is 11.5. The minimum absolute atomic E-state index is 0.0732. The first kappa shape index (κ1) is 14.6. The van der Waals surface area contributed by atoms with E-state index in [1.807, 2.05) is 6.26 Å². The Hall–Kier alpha value is -1.34. The molecule has 1 aromatic rings. The quantitative estimate of drug-likeness (QED) is 0.653. The van der Waals surface area contributed by atoms with Crippen LogP contribution in [0.4, 0.5) is 0 Å². The number of hydrogen-bond acceptors (Lipinski definition) is 5. The van der Waals surface area contributed by atoms with Crippen molar-refractivity contribution in [1.82, 2.24) is 20.2 Å². The van der Waals surface area contributed by atoms with Gasteiger partial charge in [0.2, 0.25) is 5.91 Å². The number of nitrogens with zero attached hydrogens (tertiary/aromatic N) is 3. The van der Waals surface area contributed by atoms with Gasteiger partial charge in [-0.25, -0.2) is 9.97 Å². The van der Waals surface area contributed by atoms with Gasteiger partial charge in [0, 0.05) is 31.5 Å². The maximum atomic E-state index is 12.6. The first-order valence-corrected chi connectivity index (χ1v) is 8.34. The second-order valence-electron chi connectivity index (χ2n) is 5.23. The molecule has 2 aliphatic rings.